The van der Waals surface area contributed by atoms with Gasteiger partial charge in [-0.3, -0.25) is 20.0 Å². The first kappa shape index (κ1) is 28.5. The first-order chi connectivity index (χ1) is 20.6. The minimum absolute atomic E-state index is 0.0110. The van der Waals surface area contributed by atoms with Gasteiger partial charge in [-0.25, -0.2) is 4.99 Å². The highest BCUT2D eigenvalue weighted by Crippen LogP contribution is 2.34. The van der Waals surface area contributed by atoms with E-state index in [1.165, 1.54) is 6.20 Å². The van der Waals surface area contributed by atoms with E-state index in [-0.39, 0.29) is 30.4 Å². The highest BCUT2D eigenvalue weighted by Gasteiger charge is 2.39. The van der Waals surface area contributed by atoms with Gasteiger partial charge in [0, 0.05) is 42.5 Å². The largest absolute Gasteiger partial charge is 0.406 e. The van der Waals surface area contributed by atoms with Crippen molar-refractivity contribution in [2.75, 3.05) is 19.6 Å². The second-order valence-electron chi connectivity index (χ2n) is 10.8. The molecule has 1 saturated heterocycles. The molecule has 3 N–H and O–H groups in total. The number of pyridine rings is 1. The van der Waals surface area contributed by atoms with E-state index in [9.17, 15) is 28.0 Å². The number of nitrogens with zero attached hydrogens (tertiary/aromatic N) is 5. The number of aromatic nitrogens is 3. The van der Waals surface area contributed by atoms with Crippen LogP contribution in [0.4, 0.5) is 13.2 Å². The summed E-state index contributed by atoms with van der Waals surface area (Å²) in [7, 11) is 0. The number of piperidine rings is 1. The second kappa shape index (κ2) is 11.3. The molecule has 0 saturated carbocycles. The summed E-state index contributed by atoms with van der Waals surface area (Å²) in [5.41, 5.74) is 2.84. The zero-order chi connectivity index (χ0) is 30.3. The van der Waals surface area contributed by atoms with E-state index in [1.807, 2.05) is 36.5 Å². The number of aromatic amines is 2. The smallest absolute Gasteiger partial charge is 0.342 e. The van der Waals surface area contributed by atoms with Crippen LogP contribution in [0.25, 0.3) is 21.8 Å². The zero-order valence-corrected chi connectivity index (χ0v) is 23.5. The fraction of sp³-hybridized carbons (Fsp3) is 0.345. The maximum Gasteiger partial charge on any atom is 0.406 e. The molecule has 2 aromatic carbocycles. The molecule has 0 bridgehead atoms. The number of amides is 1. The van der Waals surface area contributed by atoms with E-state index in [1.54, 1.807) is 11.0 Å². The van der Waals surface area contributed by atoms with Crippen LogP contribution in [-0.2, 0) is 17.8 Å². The van der Waals surface area contributed by atoms with E-state index >= 15 is 0 Å². The number of guanidine groups is 1. The Balaban J connectivity index is 1.29. The maximum absolute atomic E-state index is 13.6. The number of benzene rings is 2. The van der Waals surface area contributed by atoms with Gasteiger partial charge in [0.25, 0.3) is 5.56 Å². The molecule has 1 amide bonds. The summed E-state index contributed by atoms with van der Waals surface area (Å²) in [5, 5.41) is 20.6. The van der Waals surface area contributed by atoms with E-state index < -0.39 is 24.7 Å². The number of carbonyl (C=O) groups excluding carboxylic acids is 1. The topological polar surface area (TPSA) is 133 Å². The standard InChI is InChI=1S/C29H26ClF3N8O2/c30-22-10-18-11-24(27(43)41(14-29(31,32)33)13-21(18)20-12-36-39-25(20)22)38-28(35-15-34)40-7-5-16(6-8-40)19-9-17-3-1-2-4-23(17)37-26(19)42/h1-4,9-10,12,16,24H,5-8,11,13-14H2,(H,35,38)(H,36,39)(H,37,42). The maximum atomic E-state index is 13.6. The fourth-order valence-corrected chi connectivity index (χ4v) is 6.31. The molecule has 0 spiro atoms. The summed E-state index contributed by atoms with van der Waals surface area (Å²) in [6.45, 7) is -0.920. The lowest BCUT2D eigenvalue weighted by atomic mass is 9.89. The van der Waals surface area contributed by atoms with Crippen LogP contribution in [-0.4, -0.2) is 68.7 Å². The lowest BCUT2D eigenvalue weighted by Gasteiger charge is -2.34. The molecule has 0 radical (unpaired) electrons. The van der Waals surface area contributed by atoms with Crippen LogP contribution in [0.3, 0.4) is 0 Å². The summed E-state index contributed by atoms with van der Waals surface area (Å²) in [6.07, 6.45) is -0.179. The van der Waals surface area contributed by atoms with Crippen molar-refractivity contribution in [1.82, 2.24) is 30.3 Å². The number of fused-ring (bicyclic) bond motifs is 4. The number of carbonyl (C=O) groups is 1. The number of nitrogens with one attached hydrogen (secondary N) is 3. The molecule has 222 valence electrons. The Labute approximate surface area is 248 Å². The van der Waals surface area contributed by atoms with Gasteiger partial charge < -0.3 is 14.8 Å². The van der Waals surface area contributed by atoms with Crippen molar-refractivity contribution in [3.63, 3.8) is 0 Å². The highest BCUT2D eigenvalue weighted by molar-refractivity contribution is 6.35. The Morgan fingerprint density at radius 1 is 1.21 bits per heavy atom. The Kier molecular flexibility index (Phi) is 7.47. The quantitative estimate of drug-likeness (QED) is 0.138. The molecule has 0 aliphatic carbocycles. The number of hydrogen-bond acceptors (Lipinski definition) is 5. The van der Waals surface area contributed by atoms with Crippen LogP contribution >= 0.6 is 11.6 Å². The predicted molar refractivity (Wildman–Crippen MR) is 154 cm³/mol. The third-order valence-corrected chi connectivity index (χ3v) is 8.38. The first-order valence-corrected chi connectivity index (χ1v) is 14.1. The number of likely N-dealkylation sites (tertiary alicyclic amines) is 1. The van der Waals surface area contributed by atoms with Crippen LogP contribution in [0.2, 0.25) is 5.02 Å². The van der Waals surface area contributed by atoms with Crippen LogP contribution in [0.5, 0.6) is 0 Å². The van der Waals surface area contributed by atoms with Gasteiger partial charge >= 0.3 is 6.18 Å². The molecular formula is C29H26ClF3N8O2. The Bertz CT molecular complexity index is 1840. The van der Waals surface area contributed by atoms with Crippen molar-refractivity contribution in [2.24, 2.45) is 4.99 Å². The van der Waals surface area contributed by atoms with Gasteiger partial charge in [-0.1, -0.05) is 29.8 Å². The van der Waals surface area contributed by atoms with Gasteiger partial charge in [0.15, 0.2) is 6.19 Å². The molecule has 1 unspecified atom stereocenters. The predicted octanol–water partition coefficient (Wildman–Crippen LogP) is 4.18. The number of rotatable bonds is 3. The monoisotopic (exact) mass is 610 g/mol. The van der Waals surface area contributed by atoms with Gasteiger partial charge in [-0.2, -0.15) is 23.5 Å². The number of hydrogen-bond donors (Lipinski definition) is 3. The zero-order valence-electron chi connectivity index (χ0n) is 22.7. The first-order valence-electron chi connectivity index (χ1n) is 13.7. The SMILES string of the molecule is N#CNC(=NC1Cc2cc(Cl)c3[nH]ncc3c2CN(CC(F)(F)F)C1=O)N1CCC(c2cc3ccccc3[nH]c2=O)CC1. The molecule has 1 atom stereocenters. The van der Waals surface area contributed by atoms with Crippen molar-refractivity contribution in [3.05, 3.63) is 74.7 Å². The molecule has 4 aromatic rings. The molecular weight excluding hydrogens is 585 g/mol. The Hall–Kier alpha value is -4.57. The van der Waals surface area contributed by atoms with Gasteiger partial charge in [-0.15, -0.1) is 0 Å². The Morgan fingerprint density at radius 3 is 2.72 bits per heavy atom. The summed E-state index contributed by atoms with van der Waals surface area (Å²) in [4.78, 5) is 36.4. The van der Waals surface area contributed by atoms with Crippen molar-refractivity contribution in [1.29, 1.82) is 5.26 Å². The van der Waals surface area contributed by atoms with Gasteiger partial charge in [-0.05, 0) is 53.5 Å². The van der Waals surface area contributed by atoms with Crippen LogP contribution in [0.15, 0.2) is 52.4 Å². The number of aliphatic imine (C=N–C) groups is 1. The van der Waals surface area contributed by atoms with Crippen LogP contribution in [0, 0.1) is 11.5 Å². The summed E-state index contributed by atoms with van der Waals surface area (Å²) < 4.78 is 40.7. The van der Waals surface area contributed by atoms with Gasteiger partial charge in [0.2, 0.25) is 11.9 Å². The number of nitriles is 1. The van der Waals surface area contributed by atoms with E-state index in [0.717, 1.165) is 15.8 Å². The molecule has 4 heterocycles. The lowest BCUT2D eigenvalue weighted by molar-refractivity contribution is -0.162. The minimum atomic E-state index is -4.63. The van der Waals surface area contributed by atoms with Crippen molar-refractivity contribution >= 4 is 45.3 Å². The van der Waals surface area contributed by atoms with Crippen molar-refractivity contribution < 1.29 is 18.0 Å². The average molecular weight is 611 g/mol. The molecule has 6 rings (SSSR count). The second-order valence-corrected chi connectivity index (χ2v) is 11.2. The minimum Gasteiger partial charge on any atom is -0.342 e. The van der Waals surface area contributed by atoms with Crippen LogP contribution < -0.4 is 10.9 Å². The number of H-pyrrole nitrogens is 2. The van der Waals surface area contributed by atoms with E-state index in [0.29, 0.717) is 58.5 Å². The molecule has 43 heavy (non-hydrogen) atoms. The average Bonchev–Trinajstić information content (AvgIpc) is 3.43. The molecule has 1 fully saturated rings. The van der Waals surface area contributed by atoms with Crippen molar-refractivity contribution in [2.45, 2.75) is 43.9 Å². The molecule has 14 heteroatoms. The summed E-state index contributed by atoms with van der Waals surface area (Å²) >= 11 is 6.43. The normalized spacial score (nSPS) is 18.5. The summed E-state index contributed by atoms with van der Waals surface area (Å²) in [5.74, 6) is -0.755. The third-order valence-electron chi connectivity index (χ3n) is 8.08. The third kappa shape index (κ3) is 5.75. The highest BCUT2D eigenvalue weighted by atomic mass is 35.5. The Morgan fingerprint density at radius 2 is 1.98 bits per heavy atom. The number of alkyl halides is 3. The van der Waals surface area contributed by atoms with E-state index in [4.69, 9.17) is 11.6 Å². The van der Waals surface area contributed by atoms with Gasteiger partial charge in [0.1, 0.15) is 12.6 Å². The lowest BCUT2D eigenvalue weighted by Crippen LogP contribution is -2.47. The molecule has 2 aliphatic rings. The molecule has 10 nitrogen and oxygen atoms in total. The van der Waals surface area contributed by atoms with Crippen molar-refractivity contribution in [3.8, 4) is 6.19 Å². The number of halogens is 4. The number of para-hydroxylation sites is 1. The van der Waals surface area contributed by atoms with E-state index in [2.05, 4.69) is 25.5 Å². The summed E-state index contributed by atoms with van der Waals surface area (Å²) in [6, 6.07) is 9.81. The fourth-order valence-electron chi connectivity index (χ4n) is 6.04. The van der Waals surface area contributed by atoms with Gasteiger partial charge in [0.05, 0.1) is 16.7 Å². The molecule has 2 aromatic heterocycles. The molecule has 2 aliphatic heterocycles. The van der Waals surface area contributed by atoms with Crippen LogP contribution in [0.1, 0.15) is 35.4 Å².